The van der Waals surface area contributed by atoms with Crippen molar-refractivity contribution in [3.8, 4) is 17.0 Å². The minimum absolute atomic E-state index is 0.297. The number of ether oxygens (including phenoxy) is 1. The summed E-state index contributed by atoms with van der Waals surface area (Å²) in [6.07, 6.45) is 3.95. The van der Waals surface area contributed by atoms with Gasteiger partial charge in [-0.15, -0.1) is 0 Å². The van der Waals surface area contributed by atoms with Crippen LogP contribution in [-0.2, 0) is 0 Å². The summed E-state index contributed by atoms with van der Waals surface area (Å²) in [6.45, 7) is 0. The molecule has 26 heavy (non-hydrogen) atoms. The third kappa shape index (κ3) is 3.37. The molecule has 0 saturated carbocycles. The number of thioether (sulfide) groups is 1. The van der Waals surface area contributed by atoms with Gasteiger partial charge in [0.2, 0.25) is 0 Å². The summed E-state index contributed by atoms with van der Waals surface area (Å²) in [7, 11) is 1.68. The first-order chi connectivity index (χ1) is 12.8. The Hall–Kier alpha value is -2.23. The van der Waals surface area contributed by atoms with Gasteiger partial charge in [-0.3, -0.25) is 0 Å². The Labute approximate surface area is 165 Å². The maximum atomic E-state index is 5.47. The molecule has 0 amide bonds. The zero-order valence-electron chi connectivity index (χ0n) is 14.2. The number of para-hydroxylation sites is 1. The van der Waals surface area contributed by atoms with Gasteiger partial charge < -0.3 is 0 Å². The molecule has 4 rings (SSSR count). The molecule has 0 radical (unpaired) electrons. The third-order valence-corrected chi connectivity index (χ3v) is 6.69. The van der Waals surface area contributed by atoms with Gasteiger partial charge in [0.15, 0.2) is 0 Å². The molecule has 4 nitrogen and oxygen atoms in total. The number of nitrogens with zero attached hydrogens (tertiary/aromatic N) is 3. The zero-order chi connectivity index (χ0) is 17.9. The van der Waals surface area contributed by atoms with Gasteiger partial charge in [0.05, 0.1) is 0 Å². The number of rotatable bonds is 4. The molecular formula is C20H18AsN3OS. The van der Waals surface area contributed by atoms with Gasteiger partial charge >= 0.3 is 166 Å². The second-order valence-corrected chi connectivity index (χ2v) is 9.21. The molecule has 1 aliphatic heterocycles. The van der Waals surface area contributed by atoms with Gasteiger partial charge in [-0.2, -0.15) is 0 Å². The summed E-state index contributed by atoms with van der Waals surface area (Å²) < 4.78 is 5.77. The second-order valence-electron chi connectivity index (χ2n) is 5.72. The molecule has 0 spiro atoms. The Bertz CT molecular complexity index is 949. The number of benzene rings is 2. The molecule has 0 aliphatic carbocycles. The van der Waals surface area contributed by atoms with E-state index in [0.717, 1.165) is 17.0 Å². The van der Waals surface area contributed by atoms with Gasteiger partial charge in [-0.25, -0.2) is 0 Å². The fraction of sp³-hybridized carbons (Fsp3) is 0.100. The van der Waals surface area contributed by atoms with Crippen molar-refractivity contribution in [3.05, 3.63) is 78.6 Å². The van der Waals surface area contributed by atoms with Crippen molar-refractivity contribution in [3.63, 3.8) is 0 Å². The average Bonchev–Trinajstić information content (AvgIpc) is 3.10. The van der Waals surface area contributed by atoms with Crippen LogP contribution >= 0.6 is 11.8 Å². The normalized spacial score (nSPS) is 16.5. The van der Waals surface area contributed by atoms with Crippen LogP contribution < -0.4 is 9.64 Å². The van der Waals surface area contributed by atoms with E-state index >= 15 is 0 Å². The average molecular weight is 423 g/mol. The Balaban J connectivity index is 1.69. The molecule has 130 valence electrons. The summed E-state index contributed by atoms with van der Waals surface area (Å²) >= 11 is 3.48. The fourth-order valence-electron chi connectivity index (χ4n) is 2.81. The van der Waals surface area contributed by atoms with Crippen LogP contribution in [0, 0.1) is 0 Å². The van der Waals surface area contributed by atoms with E-state index in [9.17, 15) is 0 Å². The number of methoxy groups -OCH3 is 1. The van der Waals surface area contributed by atoms with Gasteiger partial charge in [0, 0.05) is 0 Å². The second kappa shape index (κ2) is 7.56. The standard InChI is InChI=1S/C20H18AsN3OS/c1-25-17-10-6-5-9-15(17)16-11-12-22-20(23-16)24-13-18(26-19(24)21)14-7-3-2-4-8-14/h2-13,19H,21H2,1H3. The molecule has 6 heteroatoms. The Morgan fingerprint density at radius 3 is 2.62 bits per heavy atom. The number of anilines is 1. The van der Waals surface area contributed by atoms with E-state index in [2.05, 4.69) is 40.3 Å². The molecule has 0 fully saturated rings. The van der Waals surface area contributed by atoms with Crippen LogP contribution in [0.1, 0.15) is 5.56 Å². The SMILES string of the molecule is COc1ccccc1-c1ccnc(N2C=C(c3ccccc3)SC2[AsH2])n1. The topological polar surface area (TPSA) is 38.2 Å². The Morgan fingerprint density at radius 1 is 1.04 bits per heavy atom. The van der Waals surface area contributed by atoms with E-state index in [1.807, 2.05) is 54.4 Å². The molecule has 0 N–H and O–H groups in total. The molecular weight excluding hydrogens is 405 g/mol. The van der Waals surface area contributed by atoms with E-state index in [1.54, 1.807) is 24.0 Å². The number of hydrogen-bond acceptors (Lipinski definition) is 5. The zero-order valence-corrected chi connectivity index (χ0v) is 17.5. The van der Waals surface area contributed by atoms with E-state index in [4.69, 9.17) is 9.72 Å². The first-order valence-corrected chi connectivity index (χ1v) is 10.5. The van der Waals surface area contributed by atoms with Crippen molar-refractivity contribution in [2.24, 2.45) is 0 Å². The van der Waals surface area contributed by atoms with Crippen LogP contribution in [-0.4, -0.2) is 38.1 Å². The molecule has 1 aromatic heterocycles. The molecule has 2 heterocycles. The van der Waals surface area contributed by atoms with Crippen LogP contribution in [0.5, 0.6) is 5.75 Å². The van der Waals surface area contributed by atoms with E-state index < -0.39 is 0 Å². The van der Waals surface area contributed by atoms with Gasteiger partial charge in [0.25, 0.3) is 0 Å². The van der Waals surface area contributed by atoms with Crippen LogP contribution in [0.15, 0.2) is 73.1 Å². The minimum atomic E-state index is 0.297. The van der Waals surface area contributed by atoms with Gasteiger partial charge in [0.1, 0.15) is 0 Å². The predicted octanol–water partition coefficient (Wildman–Crippen LogP) is 3.62. The summed E-state index contributed by atoms with van der Waals surface area (Å²) in [4.78, 5) is 12.7. The molecule has 2 unspecified atom stereocenters. The number of hydrogen-bond donors (Lipinski definition) is 0. The fourth-order valence-corrected chi connectivity index (χ4v) is 5.17. The quantitative estimate of drug-likeness (QED) is 0.600. The number of aromatic nitrogens is 2. The monoisotopic (exact) mass is 423 g/mol. The third-order valence-electron chi connectivity index (χ3n) is 4.09. The van der Waals surface area contributed by atoms with Crippen molar-refractivity contribution in [1.29, 1.82) is 0 Å². The summed E-state index contributed by atoms with van der Waals surface area (Å²) in [5.41, 5.74) is 3.05. The van der Waals surface area contributed by atoms with Gasteiger partial charge in [-0.1, -0.05) is 0 Å². The van der Waals surface area contributed by atoms with E-state index in [-0.39, 0.29) is 0 Å². The van der Waals surface area contributed by atoms with Crippen molar-refractivity contribution in [2.45, 2.75) is 4.16 Å². The molecule has 3 aromatic rings. The summed E-state index contributed by atoms with van der Waals surface area (Å²) in [5, 5.41) is 0. The first kappa shape index (κ1) is 17.2. The molecule has 2 aromatic carbocycles. The van der Waals surface area contributed by atoms with Crippen molar-refractivity contribution >= 4 is 39.5 Å². The van der Waals surface area contributed by atoms with Crippen LogP contribution in [0.25, 0.3) is 16.2 Å². The Morgan fingerprint density at radius 2 is 1.81 bits per heavy atom. The predicted molar refractivity (Wildman–Crippen MR) is 111 cm³/mol. The van der Waals surface area contributed by atoms with Crippen LogP contribution in [0.3, 0.4) is 0 Å². The van der Waals surface area contributed by atoms with Gasteiger partial charge in [-0.05, 0) is 0 Å². The van der Waals surface area contributed by atoms with Crippen LogP contribution in [0.4, 0.5) is 5.95 Å². The van der Waals surface area contributed by atoms with E-state index in [1.165, 1.54) is 10.5 Å². The molecule has 1 aliphatic rings. The van der Waals surface area contributed by atoms with Crippen molar-refractivity contribution < 1.29 is 4.74 Å². The molecule has 0 bridgehead atoms. The van der Waals surface area contributed by atoms with Crippen molar-refractivity contribution in [2.75, 3.05) is 12.0 Å². The van der Waals surface area contributed by atoms with Crippen LogP contribution in [0.2, 0.25) is 0 Å². The summed E-state index contributed by atoms with van der Waals surface area (Å²) in [6, 6.07) is 20.3. The molecule has 0 saturated heterocycles. The summed E-state index contributed by atoms with van der Waals surface area (Å²) in [5.74, 6) is 1.52. The Kier molecular flexibility index (Phi) is 5.00. The first-order valence-electron chi connectivity index (χ1n) is 8.20. The van der Waals surface area contributed by atoms with Crippen molar-refractivity contribution in [1.82, 2.24) is 9.97 Å². The van der Waals surface area contributed by atoms with E-state index in [0.29, 0.717) is 10.1 Å². The molecule has 2 atom stereocenters. The maximum absolute atomic E-state index is 5.47.